The number of nitrogens with two attached hydrogens (primary N) is 2. The number of nitrogens with one attached hydrogen (secondary N) is 2. The molecule has 0 aliphatic rings. The molecule has 0 rings (SSSR count). The summed E-state index contributed by atoms with van der Waals surface area (Å²) < 4.78 is 0. The van der Waals surface area contributed by atoms with Crippen molar-refractivity contribution < 1.29 is 25.5 Å². The van der Waals surface area contributed by atoms with Crippen molar-refractivity contribution in [1.82, 2.24) is 11.2 Å². The third-order valence-electron chi connectivity index (χ3n) is 0. The lowest BCUT2D eigenvalue weighted by Crippen LogP contribution is -2.14. The van der Waals surface area contributed by atoms with Crippen LogP contribution >= 0.6 is 0 Å². The maximum Gasteiger partial charge on any atom is 0.631 e. The fourth-order valence-electron chi connectivity index (χ4n) is 0. The smallest absolute Gasteiger partial charge is 0.402 e. The molecule has 0 atom stereocenters. The number of rotatable bonds is 0. The van der Waals surface area contributed by atoms with Gasteiger partial charge in [-0.05, 0) is 0 Å². The molecule has 0 fully saturated rings. The Balaban J connectivity index is -0.0000000750. The molecule has 0 heterocycles. The second kappa shape index (κ2) is 23.3. The Bertz CT molecular complexity index is 30.1. The average molecular weight is 158 g/mol. The van der Waals surface area contributed by atoms with Gasteiger partial charge in [-0.15, -0.1) is 11.2 Å². The van der Waals surface area contributed by atoms with Gasteiger partial charge in [-0.3, -0.25) is 0 Å². The molecule has 0 unspecified atom stereocenters. The molecule has 0 amide bonds. The maximum atomic E-state index is 7.17. The Labute approximate surface area is 56.9 Å². The van der Waals surface area contributed by atoms with Crippen molar-refractivity contribution in [2.75, 3.05) is 0 Å². The number of hydrazine groups is 2. The fraction of sp³-hybridized carbons (Fsp3) is 0. The third-order valence-corrected chi connectivity index (χ3v) is 0. The molecular weight excluding hydrogens is 147 g/mol. The molecule has 0 saturated carbocycles. The Morgan fingerprint density at radius 3 is 0.900 bits per heavy atom. The van der Waals surface area contributed by atoms with Crippen LogP contribution in [-0.2, 0) is 0 Å². The average Bonchev–Trinajstić information content (AvgIpc) is 1.65. The lowest BCUT2D eigenvalue weighted by Gasteiger charge is -1.69. The van der Waals surface area contributed by atoms with Gasteiger partial charge in [0.25, 0.3) is 0 Å². The molecule has 64 valence electrons. The van der Waals surface area contributed by atoms with Crippen molar-refractivity contribution in [3.05, 3.63) is 0 Å². The molecule has 0 aromatic carbocycles. The normalized spacial score (nSPS) is 6.30. The van der Waals surface area contributed by atoms with Crippen LogP contribution in [0.4, 0.5) is 0 Å². The van der Waals surface area contributed by atoms with Gasteiger partial charge in [-0.1, -0.05) is 0 Å². The summed E-state index contributed by atoms with van der Waals surface area (Å²) in [6.45, 7) is 0. The largest absolute Gasteiger partial charge is 0.631 e. The van der Waals surface area contributed by atoms with Crippen LogP contribution in [0.2, 0.25) is 0 Å². The van der Waals surface area contributed by atoms with Crippen LogP contribution in [0.5, 0.6) is 0 Å². The lowest BCUT2D eigenvalue weighted by atomic mass is 10.3. The predicted octanol–water partition coefficient (Wildman–Crippen LogP) is -4.37. The van der Waals surface area contributed by atoms with E-state index in [1.807, 2.05) is 0 Å². The minimum atomic E-state index is -2.17. The summed E-state index contributed by atoms with van der Waals surface area (Å²) >= 11 is 0. The molecular formula is H11BN4O5. The second-order valence-electron chi connectivity index (χ2n) is 0.605. The van der Waals surface area contributed by atoms with E-state index in [1.54, 1.807) is 0 Å². The first kappa shape index (κ1) is 16.4. The number of hydrogen-bond donors (Lipinski definition) is 9. The van der Waals surface area contributed by atoms with Crippen LogP contribution in [0.3, 0.4) is 0 Å². The first-order valence-corrected chi connectivity index (χ1v) is 1.80. The second-order valence-corrected chi connectivity index (χ2v) is 0.605. The summed E-state index contributed by atoms with van der Waals surface area (Å²) in [6.07, 6.45) is 0. The van der Waals surface area contributed by atoms with Crippen LogP contribution in [0, 0.1) is 0 Å². The van der Waals surface area contributed by atoms with Gasteiger partial charge in [-0.2, -0.15) is 0 Å². The highest BCUT2D eigenvalue weighted by Crippen LogP contribution is 1.40. The van der Waals surface area contributed by atoms with Crippen molar-refractivity contribution in [3.63, 3.8) is 0 Å². The molecule has 0 aromatic rings. The van der Waals surface area contributed by atoms with Gasteiger partial charge in [-0.25, -0.2) is 11.7 Å². The predicted molar refractivity (Wildman–Crippen MR) is 30.6 cm³/mol. The van der Waals surface area contributed by atoms with Gasteiger partial charge in [0.1, 0.15) is 0 Å². The van der Waals surface area contributed by atoms with E-state index in [9.17, 15) is 0 Å². The van der Waals surface area contributed by atoms with Crippen LogP contribution in [-0.4, -0.2) is 32.8 Å². The van der Waals surface area contributed by atoms with E-state index >= 15 is 0 Å². The summed E-state index contributed by atoms with van der Waals surface area (Å²) in [6, 6.07) is 0. The number of hydrogen-bond acceptors (Lipinski definition) is 9. The van der Waals surface area contributed by atoms with E-state index in [1.165, 1.54) is 11.2 Å². The molecule has 9 nitrogen and oxygen atoms in total. The molecule has 11 N–H and O–H groups in total. The molecule has 0 aliphatic carbocycles. The highest BCUT2D eigenvalue weighted by atomic mass is 16.5. The van der Waals surface area contributed by atoms with Gasteiger partial charge in [0, 0.05) is 0 Å². The van der Waals surface area contributed by atoms with E-state index < -0.39 is 7.32 Å². The van der Waals surface area contributed by atoms with Crippen molar-refractivity contribution in [2.24, 2.45) is 11.7 Å². The third kappa shape index (κ3) is 3980. The van der Waals surface area contributed by atoms with Crippen LogP contribution in [0.1, 0.15) is 0 Å². The Morgan fingerprint density at radius 2 is 0.900 bits per heavy atom. The first-order chi connectivity index (χ1) is 4.56. The van der Waals surface area contributed by atoms with Crippen molar-refractivity contribution >= 4 is 7.32 Å². The zero-order valence-corrected chi connectivity index (χ0v) is 4.97. The highest BCUT2D eigenvalue weighted by molar-refractivity contribution is 6.30. The monoisotopic (exact) mass is 158 g/mol. The Morgan fingerprint density at radius 1 is 0.900 bits per heavy atom. The van der Waals surface area contributed by atoms with E-state index in [0.29, 0.717) is 0 Å². The van der Waals surface area contributed by atoms with Gasteiger partial charge in [0.15, 0.2) is 0 Å². The van der Waals surface area contributed by atoms with Gasteiger partial charge >= 0.3 is 7.32 Å². The van der Waals surface area contributed by atoms with Gasteiger partial charge in [0.2, 0.25) is 0 Å². The molecule has 0 aliphatic heterocycles. The summed E-state index contributed by atoms with van der Waals surface area (Å²) in [5.74, 6) is 8.31. The lowest BCUT2D eigenvalue weighted by molar-refractivity contribution is 0.169. The van der Waals surface area contributed by atoms with Crippen molar-refractivity contribution in [1.29, 1.82) is 0 Å². The van der Waals surface area contributed by atoms with Gasteiger partial charge in [0.05, 0.1) is 0 Å². The SMILES string of the molecule is NNO.NNO.OB(O)O. The molecule has 10 heavy (non-hydrogen) atoms. The molecule has 0 aromatic heterocycles. The standard InChI is InChI=1S/BH3O3.2H4N2O/c2-1(3)4;2*1-2-3/h2-4H;2*2-3H,1H2. The Hall–Kier alpha value is -0.295. The van der Waals surface area contributed by atoms with Crippen molar-refractivity contribution in [3.8, 4) is 0 Å². The highest BCUT2D eigenvalue weighted by Gasteiger charge is 1.92. The van der Waals surface area contributed by atoms with Crippen LogP contribution in [0.25, 0.3) is 0 Å². The Kier molecular flexibility index (Phi) is 38.2. The molecule has 0 saturated heterocycles. The van der Waals surface area contributed by atoms with E-state index in [4.69, 9.17) is 25.5 Å². The first-order valence-electron chi connectivity index (χ1n) is 1.80. The van der Waals surface area contributed by atoms with E-state index in [2.05, 4.69) is 11.7 Å². The zero-order valence-electron chi connectivity index (χ0n) is 4.97. The van der Waals surface area contributed by atoms with E-state index in [0.717, 1.165) is 0 Å². The van der Waals surface area contributed by atoms with Crippen molar-refractivity contribution in [2.45, 2.75) is 0 Å². The quantitative estimate of drug-likeness (QED) is 0.0955. The summed E-state index contributed by atoms with van der Waals surface area (Å²) in [7, 11) is -2.17. The van der Waals surface area contributed by atoms with Crippen LogP contribution in [0.15, 0.2) is 0 Å². The summed E-state index contributed by atoms with van der Waals surface area (Å²) in [5.41, 5.74) is 2.50. The molecule has 0 spiro atoms. The molecule has 0 bridgehead atoms. The zero-order chi connectivity index (χ0) is 8.99. The minimum Gasteiger partial charge on any atom is -0.402 e. The minimum absolute atomic E-state index is 1.25. The topological polar surface area (TPSA) is 177 Å². The summed E-state index contributed by atoms with van der Waals surface area (Å²) in [5, 5.41) is 35.7. The van der Waals surface area contributed by atoms with Gasteiger partial charge < -0.3 is 25.5 Å². The molecule has 10 heteroatoms. The maximum absolute atomic E-state index is 7.17. The van der Waals surface area contributed by atoms with Crippen LogP contribution < -0.4 is 22.9 Å². The summed E-state index contributed by atoms with van der Waals surface area (Å²) in [4.78, 5) is 0. The fourth-order valence-corrected chi connectivity index (χ4v) is 0. The molecule has 0 radical (unpaired) electrons. The van der Waals surface area contributed by atoms with E-state index in [-0.39, 0.29) is 0 Å².